The molecule has 0 fully saturated rings. The van der Waals surface area contributed by atoms with Crippen LogP contribution in [-0.4, -0.2) is 10.2 Å². The SMILES string of the molecule is Cc1cc(Cc2cc(C)cc(C(C)(C)CC(C)(C)C)c2O)c(O)c(C(C)(C)CC(C)(C)C)c1. The molecule has 0 heterocycles. The predicted octanol–water partition coefficient (Wildman–Crippen LogP) is 8.73. The van der Waals surface area contributed by atoms with E-state index in [0.717, 1.165) is 46.2 Å². The van der Waals surface area contributed by atoms with Crippen LogP contribution in [0, 0.1) is 24.7 Å². The van der Waals surface area contributed by atoms with Crippen LogP contribution in [0.1, 0.15) is 115 Å². The van der Waals surface area contributed by atoms with E-state index in [-0.39, 0.29) is 21.7 Å². The summed E-state index contributed by atoms with van der Waals surface area (Å²) in [6.07, 6.45) is 2.45. The van der Waals surface area contributed by atoms with E-state index in [9.17, 15) is 10.2 Å². The molecular weight excluding hydrogens is 404 g/mol. The van der Waals surface area contributed by atoms with Crippen molar-refractivity contribution in [1.29, 1.82) is 0 Å². The standard InChI is InChI=1S/C31H48O2/c1-20-13-22(26(32)24(15-20)30(9,10)18-28(3,4)5)17-23-14-21(2)16-25(27(23)33)31(11,12)19-29(6,7)8/h13-16,32-33H,17-19H2,1-12H3. The Labute approximate surface area is 203 Å². The van der Waals surface area contributed by atoms with Crippen LogP contribution in [0.3, 0.4) is 0 Å². The van der Waals surface area contributed by atoms with Crippen molar-refractivity contribution in [2.75, 3.05) is 0 Å². The van der Waals surface area contributed by atoms with Crippen molar-refractivity contribution in [3.8, 4) is 11.5 Å². The highest BCUT2D eigenvalue weighted by Gasteiger charge is 2.32. The van der Waals surface area contributed by atoms with E-state index in [1.807, 2.05) is 0 Å². The normalized spacial score (nSPS) is 13.5. The maximum absolute atomic E-state index is 11.4. The number of aryl methyl sites for hydroxylation is 2. The summed E-state index contributed by atoms with van der Waals surface area (Å²) in [4.78, 5) is 0. The molecule has 0 amide bonds. The van der Waals surface area contributed by atoms with E-state index in [0.29, 0.717) is 17.9 Å². The predicted molar refractivity (Wildman–Crippen MR) is 143 cm³/mol. The molecule has 0 saturated carbocycles. The van der Waals surface area contributed by atoms with Crippen molar-refractivity contribution >= 4 is 0 Å². The summed E-state index contributed by atoms with van der Waals surface area (Å²) in [5.74, 6) is 0.734. The minimum Gasteiger partial charge on any atom is -0.507 e. The molecule has 0 atom stereocenters. The molecule has 0 bridgehead atoms. The third-order valence-electron chi connectivity index (χ3n) is 6.45. The van der Waals surface area contributed by atoms with Gasteiger partial charge in [0.2, 0.25) is 0 Å². The summed E-state index contributed by atoms with van der Waals surface area (Å²) < 4.78 is 0. The zero-order valence-electron chi connectivity index (χ0n) is 23.3. The largest absolute Gasteiger partial charge is 0.507 e. The van der Waals surface area contributed by atoms with Gasteiger partial charge in [-0.15, -0.1) is 0 Å². The monoisotopic (exact) mass is 452 g/mol. The lowest BCUT2D eigenvalue weighted by atomic mass is 9.70. The second kappa shape index (κ2) is 9.01. The smallest absolute Gasteiger partial charge is 0.122 e. The number of hydrogen-bond acceptors (Lipinski definition) is 2. The van der Waals surface area contributed by atoms with Crippen LogP contribution >= 0.6 is 0 Å². The van der Waals surface area contributed by atoms with Crippen molar-refractivity contribution in [3.05, 3.63) is 57.6 Å². The maximum Gasteiger partial charge on any atom is 0.122 e. The highest BCUT2D eigenvalue weighted by molar-refractivity contribution is 5.53. The third-order valence-corrected chi connectivity index (χ3v) is 6.45. The van der Waals surface area contributed by atoms with Gasteiger partial charge in [-0.2, -0.15) is 0 Å². The van der Waals surface area contributed by atoms with Crippen molar-refractivity contribution < 1.29 is 10.2 Å². The third kappa shape index (κ3) is 7.01. The fourth-order valence-electron chi connectivity index (χ4n) is 6.06. The van der Waals surface area contributed by atoms with Gasteiger partial charge in [-0.1, -0.05) is 105 Å². The van der Waals surface area contributed by atoms with Gasteiger partial charge >= 0.3 is 0 Å². The van der Waals surface area contributed by atoms with Crippen LogP contribution < -0.4 is 0 Å². The fraction of sp³-hybridized carbons (Fsp3) is 0.613. The summed E-state index contributed by atoms with van der Waals surface area (Å²) in [5.41, 5.74) is 6.03. The van der Waals surface area contributed by atoms with E-state index >= 15 is 0 Å². The molecule has 2 aromatic rings. The second-order valence-corrected chi connectivity index (χ2v) is 14.1. The molecule has 0 unspecified atom stereocenters. The highest BCUT2D eigenvalue weighted by Crippen LogP contribution is 2.45. The van der Waals surface area contributed by atoms with E-state index in [1.165, 1.54) is 0 Å². The number of phenols is 2. The summed E-state index contributed by atoms with van der Waals surface area (Å²) in [7, 11) is 0. The zero-order valence-corrected chi connectivity index (χ0v) is 23.3. The van der Waals surface area contributed by atoms with Crippen LogP contribution in [0.5, 0.6) is 11.5 Å². The number of benzene rings is 2. The maximum atomic E-state index is 11.4. The summed E-state index contributed by atoms with van der Waals surface area (Å²) >= 11 is 0. The Balaban J connectivity index is 2.56. The van der Waals surface area contributed by atoms with Crippen molar-refractivity contribution in [2.24, 2.45) is 10.8 Å². The Morgan fingerprint density at radius 1 is 0.545 bits per heavy atom. The number of phenolic OH excluding ortho intramolecular Hbond substituents is 2. The molecular formula is C31H48O2. The van der Waals surface area contributed by atoms with E-state index in [1.54, 1.807) is 0 Å². The summed E-state index contributed by atoms with van der Waals surface area (Å²) in [6, 6.07) is 8.37. The van der Waals surface area contributed by atoms with E-state index < -0.39 is 0 Å². The lowest BCUT2D eigenvalue weighted by Gasteiger charge is -2.34. The van der Waals surface area contributed by atoms with Crippen LogP contribution in [0.4, 0.5) is 0 Å². The van der Waals surface area contributed by atoms with Gasteiger partial charge in [0.15, 0.2) is 0 Å². The highest BCUT2D eigenvalue weighted by atomic mass is 16.3. The molecule has 0 aliphatic rings. The Morgan fingerprint density at radius 3 is 1.12 bits per heavy atom. The molecule has 0 aliphatic heterocycles. The summed E-state index contributed by atoms with van der Waals surface area (Å²) in [5, 5.41) is 22.7. The zero-order chi connectivity index (χ0) is 25.6. The first-order valence-electron chi connectivity index (χ1n) is 12.4. The molecule has 2 aromatic carbocycles. The molecule has 2 rings (SSSR count). The molecule has 2 nitrogen and oxygen atoms in total. The second-order valence-electron chi connectivity index (χ2n) is 14.1. The lowest BCUT2D eigenvalue weighted by molar-refractivity contribution is 0.278. The Morgan fingerprint density at radius 2 is 0.848 bits per heavy atom. The first-order chi connectivity index (χ1) is 14.7. The first-order valence-corrected chi connectivity index (χ1v) is 12.4. The van der Waals surface area contributed by atoms with Gasteiger partial charge in [0.25, 0.3) is 0 Å². The van der Waals surface area contributed by atoms with Crippen LogP contribution in [0.25, 0.3) is 0 Å². The van der Waals surface area contributed by atoms with Crippen molar-refractivity contribution in [3.63, 3.8) is 0 Å². The molecule has 0 aliphatic carbocycles. The molecule has 0 spiro atoms. The molecule has 33 heavy (non-hydrogen) atoms. The minimum atomic E-state index is -0.155. The average Bonchev–Trinajstić information content (AvgIpc) is 2.56. The van der Waals surface area contributed by atoms with Gasteiger partial charge < -0.3 is 10.2 Å². The fourth-order valence-corrected chi connectivity index (χ4v) is 6.06. The minimum absolute atomic E-state index is 0.155. The van der Waals surface area contributed by atoms with Crippen molar-refractivity contribution in [2.45, 2.75) is 113 Å². The average molecular weight is 453 g/mol. The molecule has 0 radical (unpaired) electrons. The molecule has 0 saturated heterocycles. The van der Waals surface area contributed by atoms with Gasteiger partial charge in [0.05, 0.1) is 0 Å². The number of aromatic hydroxyl groups is 2. The van der Waals surface area contributed by atoms with Gasteiger partial charge in [-0.25, -0.2) is 0 Å². The molecule has 2 N–H and O–H groups in total. The number of rotatable bonds is 6. The van der Waals surface area contributed by atoms with Gasteiger partial charge in [0.1, 0.15) is 11.5 Å². The van der Waals surface area contributed by atoms with Gasteiger partial charge in [0, 0.05) is 17.5 Å². The lowest BCUT2D eigenvalue weighted by Crippen LogP contribution is -2.25. The Bertz CT molecular complexity index is 914. The van der Waals surface area contributed by atoms with Gasteiger partial charge in [-0.3, -0.25) is 0 Å². The van der Waals surface area contributed by atoms with Crippen LogP contribution in [0.15, 0.2) is 24.3 Å². The van der Waals surface area contributed by atoms with Gasteiger partial charge in [-0.05, 0) is 59.5 Å². The quantitative estimate of drug-likeness (QED) is 0.460. The van der Waals surface area contributed by atoms with Crippen LogP contribution in [-0.2, 0) is 17.3 Å². The Kier molecular flexibility index (Phi) is 7.45. The first kappa shape index (κ1) is 27.3. The van der Waals surface area contributed by atoms with Crippen molar-refractivity contribution in [1.82, 2.24) is 0 Å². The summed E-state index contributed by atoms with van der Waals surface area (Å²) in [6.45, 7) is 26.5. The van der Waals surface area contributed by atoms with Crippen LogP contribution in [0.2, 0.25) is 0 Å². The Hall–Kier alpha value is -1.96. The van der Waals surface area contributed by atoms with E-state index in [2.05, 4.69) is 107 Å². The topological polar surface area (TPSA) is 40.5 Å². The van der Waals surface area contributed by atoms with E-state index in [4.69, 9.17) is 0 Å². The number of hydrogen-bond donors (Lipinski definition) is 2. The molecule has 184 valence electrons. The molecule has 0 aromatic heterocycles. The molecule has 2 heteroatoms.